The summed E-state index contributed by atoms with van der Waals surface area (Å²) in [5.74, 6) is -16.1. The van der Waals surface area contributed by atoms with Crippen molar-refractivity contribution in [2.75, 3.05) is 43.4 Å². The molecule has 4 aromatic heterocycles. The van der Waals surface area contributed by atoms with E-state index in [2.05, 4.69) is 50.8 Å². The Hall–Kier alpha value is -10.3. The van der Waals surface area contributed by atoms with E-state index in [0.29, 0.717) is 11.3 Å². The Morgan fingerprint density at radius 3 is 1.47 bits per heavy atom. The van der Waals surface area contributed by atoms with Gasteiger partial charge >= 0.3 is 48.8 Å². The molecule has 8 rings (SSSR count). The van der Waals surface area contributed by atoms with Crippen molar-refractivity contribution in [1.82, 2.24) is 60.0 Å². The normalized spacial score (nSPS) is 15.5. The number of amides is 5. The molecule has 0 aliphatic carbocycles. The number of halogens is 18. The first-order chi connectivity index (χ1) is 47.3. The Bertz CT molecular complexity index is 3990. The zero-order chi connectivity index (χ0) is 74.7. The van der Waals surface area contributed by atoms with Gasteiger partial charge in [-0.15, -0.1) is 36.5 Å². The van der Waals surface area contributed by atoms with E-state index in [1.54, 1.807) is 0 Å². The number of anilines is 2. The highest BCUT2D eigenvalue weighted by Crippen LogP contribution is 2.34. The molecule has 43 heteroatoms. The number of nitrogens with zero attached hydrogens (tertiary/aromatic N) is 9. The van der Waals surface area contributed by atoms with Crippen LogP contribution in [0.2, 0.25) is 0 Å². The number of carbonyl (C=O) groups is 6. The molecule has 2 unspecified atom stereocenters. The molecular formula is C58H58F18N14O11. The van der Waals surface area contributed by atoms with Gasteiger partial charge in [-0.2, -0.15) is 35.1 Å². The third-order valence-corrected chi connectivity index (χ3v) is 14.4. The van der Waals surface area contributed by atoms with Gasteiger partial charge in [0.25, 0.3) is 22.9 Å². The molecule has 0 bridgehead atoms. The summed E-state index contributed by atoms with van der Waals surface area (Å²) >= 11 is 0. The number of aromatic nitrogens is 8. The van der Waals surface area contributed by atoms with Crippen LogP contribution in [0.3, 0.4) is 0 Å². The lowest BCUT2D eigenvalue weighted by Crippen LogP contribution is -2.48. The van der Waals surface area contributed by atoms with E-state index in [1.165, 1.54) is 6.92 Å². The van der Waals surface area contributed by atoms with E-state index in [1.807, 2.05) is 10.6 Å². The summed E-state index contributed by atoms with van der Waals surface area (Å²) in [6, 6.07) is 6.39. The Labute approximate surface area is 556 Å². The monoisotopic (exact) mass is 1470 g/mol. The Morgan fingerprint density at radius 2 is 1.06 bits per heavy atom. The van der Waals surface area contributed by atoms with Crippen molar-refractivity contribution in [2.45, 2.75) is 122 Å². The number of pyridine rings is 2. The van der Waals surface area contributed by atoms with Gasteiger partial charge in [-0.05, 0) is 101 Å². The number of ether oxygens (including phenoxy) is 3. The Kier molecular flexibility index (Phi) is 27.8. The fourth-order valence-electron chi connectivity index (χ4n) is 9.32. The number of esters is 1. The smallest absolute Gasteiger partial charge is 0.459 e. The SMILES string of the molecule is CCOC(=O)C(=O)Nc1ccn(CCC(F)Cn2cc(C(=O)NCc3cc(OC(F)(F)F)ccc3F)nn2)c(=O)c1F.FC(F)(F)[C@H]1CCCNC1.O=C(Nc1ccn(CCC(F)Cn2cc(C(=O)NCc3cc(OC(F)(F)F)ccc3F)nn2)c(=O)c1F)C(=O)N1CCC[C@H](C(F)(F)F)C1. The second-order valence-electron chi connectivity index (χ2n) is 21.8. The molecule has 25 nitrogen and oxygen atoms in total. The molecule has 101 heavy (non-hydrogen) atoms. The third kappa shape index (κ3) is 24.8. The largest absolute Gasteiger partial charge is 0.573 e. The molecule has 0 radical (unpaired) electrons. The van der Waals surface area contributed by atoms with Crippen LogP contribution in [-0.2, 0) is 63.2 Å². The molecule has 5 amide bonds. The van der Waals surface area contributed by atoms with Gasteiger partial charge in [0.2, 0.25) is 11.6 Å². The van der Waals surface area contributed by atoms with E-state index in [9.17, 15) is 117 Å². The van der Waals surface area contributed by atoms with Gasteiger partial charge in [0, 0.05) is 69.3 Å². The van der Waals surface area contributed by atoms with Gasteiger partial charge in [-0.25, -0.2) is 31.7 Å². The van der Waals surface area contributed by atoms with Crippen LogP contribution in [0.25, 0.3) is 0 Å². The van der Waals surface area contributed by atoms with E-state index in [-0.39, 0.29) is 87.4 Å². The van der Waals surface area contributed by atoms with Gasteiger partial charge in [-0.1, -0.05) is 10.4 Å². The number of nitrogens with one attached hydrogen (secondary N) is 5. The van der Waals surface area contributed by atoms with Crippen molar-refractivity contribution in [2.24, 2.45) is 11.8 Å². The summed E-state index contributed by atoms with van der Waals surface area (Å²) in [4.78, 5) is 97.8. The van der Waals surface area contributed by atoms with Gasteiger partial charge < -0.3 is 54.8 Å². The number of hydrogen-bond acceptors (Lipinski definition) is 16. The molecule has 5 N–H and O–H groups in total. The molecule has 2 saturated heterocycles. The number of hydrogen-bond donors (Lipinski definition) is 5. The summed E-state index contributed by atoms with van der Waals surface area (Å²) in [7, 11) is 0. The van der Waals surface area contributed by atoms with Crippen LogP contribution in [0.5, 0.6) is 11.5 Å². The quantitative estimate of drug-likeness (QED) is 0.0261. The van der Waals surface area contributed by atoms with Crippen LogP contribution >= 0.6 is 0 Å². The van der Waals surface area contributed by atoms with E-state index < -0.39 is 175 Å². The Morgan fingerprint density at radius 1 is 0.614 bits per heavy atom. The number of alkyl halides is 14. The van der Waals surface area contributed by atoms with E-state index >= 15 is 0 Å². The van der Waals surface area contributed by atoms with Crippen molar-refractivity contribution >= 4 is 46.9 Å². The maximum atomic E-state index is 14.7. The number of likely N-dealkylation sites (tertiary alicyclic amines) is 1. The number of piperidine rings is 2. The third-order valence-electron chi connectivity index (χ3n) is 14.4. The molecule has 4 atom stereocenters. The van der Waals surface area contributed by atoms with Crippen LogP contribution in [0.1, 0.15) is 77.6 Å². The maximum absolute atomic E-state index is 14.7. The van der Waals surface area contributed by atoms with Crippen molar-refractivity contribution in [3.63, 3.8) is 0 Å². The highest BCUT2D eigenvalue weighted by atomic mass is 19.4. The van der Waals surface area contributed by atoms with E-state index in [4.69, 9.17) is 0 Å². The van der Waals surface area contributed by atoms with Crippen LogP contribution < -0.4 is 47.2 Å². The number of aryl methyl sites for hydroxylation is 2. The van der Waals surface area contributed by atoms with Gasteiger partial charge in [0.05, 0.1) is 55.3 Å². The summed E-state index contributed by atoms with van der Waals surface area (Å²) in [6.45, 7) is -1.28. The van der Waals surface area contributed by atoms with Crippen LogP contribution in [-0.4, -0.2) is 150 Å². The zero-order valence-corrected chi connectivity index (χ0v) is 52.1. The van der Waals surface area contributed by atoms with Crippen molar-refractivity contribution in [1.29, 1.82) is 0 Å². The van der Waals surface area contributed by atoms with Crippen molar-refractivity contribution < 1.29 is 122 Å². The summed E-state index contributed by atoms with van der Waals surface area (Å²) in [5.41, 5.74) is -5.03. The minimum absolute atomic E-state index is 0.00407. The van der Waals surface area contributed by atoms with Crippen LogP contribution in [0.15, 0.2) is 82.9 Å². The summed E-state index contributed by atoms with van der Waals surface area (Å²) in [5, 5.41) is 25.3. The molecule has 552 valence electrons. The highest BCUT2D eigenvalue weighted by Gasteiger charge is 2.44. The molecule has 6 aromatic rings. The zero-order valence-electron chi connectivity index (χ0n) is 52.1. The highest BCUT2D eigenvalue weighted by molar-refractivity contribution is 6.39. The Balaban J connectivity index is 0.000000281. The maximum Gasteiger partial charge on any atom is 0.573 e. The predicted octanol–water partition coefficient (Wildman–Crippen LogP) is 7.74. The first-order valence-corrected chi connectivity index (χ1v) is 29.7. The topological polar surface area (TPSA) is 299 Å². The molecule has 2 aromatic carbocycles. The average molecular weight is 1470 g/mol. The lowest BCUT2D eigenvalue weighted by Gasteiger charge is -2.33. The minimum atomic E-state index is -5.02. The van der Waals surface area contributed by atoms with Gasteiger partial charge in [0.1, 0.15) is 35.5 Å². The molecule has 2 aliphatic heterocycles. The average Bonchev–Trinajstić information content (AvgIpc) is 1.51. The summed E-state index contributed by atoms with van der Waals surface area (Å²) in [6.07, 6.45) is -17.7. The first-order valence-electron chi connectivity index (χ1n) is 29.7. The van der Waals surface area contributed by atoms with Crippen LogP contribution in [0.4, 0.5) is 90.4 Å². The molecular weight excluding hydrogens is 1410 g/mol. The van der Waals surface area contributed by atoms with Crippen molar-refractivity contribution in [3.8, 4) is 11.5 Å². The van der Waals surface area contributed by atoms with Gasteiger partial charge in [0.15, 0.2) is 11.4 Å². The first kappa shape index (κ1) is 79.7. The molecule has 6 heterocycles. The number of rotatable bonds is 21. The molecule has 2 aliphatic rings. The summed E-state index contributed by atoms with van der Waals surface area (Å²) < 4.78 is 251. The predicted molar refractivity (Wildman–Crippen MR) is 310 cm³/mol. The van der Waals surface area contributed by atoms with Crippen LogP contribution in [0, 0.1) is 35.1 Å². The van der Waals surface area contributed by atoms with Crippen molar-refractivity contribution in [3.05, 3.63) is 140 Å². The lowest BCUT2D eigenvalue weighted by molar-refractivity contribution is -0.275. The number of carbonyl (C=O) groups excluding carboxylic acids is 6. The number of benzene rings is 2. The standard InChI is InChI=1S/C28H26F9N7O5.C24H22F6N6O6.C6H10F3N/c29-17(13-44-14-21(40-41-44)23(45)38-11-15-10-18(3-4-19(15)30)49-28(35,36)37)5-8-42-9-6-20(22(31)25(42)47)39-24(46)26(48)43-7-1-2-16(12-43)27(32,33)34;1-2-41-23(40)21(38)32-17-6-8-35(22(39)19(17)27)7-5-14(25)11-36-12-18(33-34-36)20(37)31-10-13-9-15(3-4-16(13)26)42-24(28,29)30;7-6(8,9)5-2-1-3-10-4-5/h3-4,6,9-10,14,16-17H,1-2,5,7-8,11-13H2,(H,38,45)(H,39,46);3-4,6,8-9,12,14H,2,5,7,10-11H2,1H3,(H,31,37)(H,32,38);5,10H,1-4H2/t16-,17?;;5-/m0.0/s1. The fourth-order valence-corrected chi connectivity index (χ4v) is 9.32. The van der Waals surface area contributed by atoms with E-state index in [0.717, 1.165) is 98.4 Å². The lowest BCUT2D eigenvalue weighted by atomic mass is 9.97. The second kappa shape index (κ2) is 35.2. The van der Waals surface area contributed by atoms with Gasteiger partial charge in [-0.3, -0.25) is 33.6 Å². The minimum Gasteiger partial charge on any atom is -0.459 e. The molecule has 0 spiro atoms. The molecule has 2 fully saturated rings. The fraction of sp³-hybridized carbons (Fsp3) is 0.448. The molecule has 0 saturated carbocycles. The second-order valence-corrected chi connectivity index (χ2v) is 21.8.